The van der Waals surface area contributed by atoms with Crippen LogP contribution in [0.25, 0.3) is 11.0 Å². The number of piperazine rings is 1. The number of halogens is 2. The number of benzene rings is 1. The molecule has 1 amide bonds. The maximum absolute atomic E-state index is 14.9. The molecule has 0 atom stereocenters. The van der Waals surface area contributed by atoms with Gasteiger partial charge in [0.2, 0.25) is 5.95 Å². The number of ether oxygens (including phenoxy) is 1. The van der Waals surface area contributed by atoms with Gasteiger partial charge in [0.25, 0.3) is 0 Å². The second kappa shape index (κ2) is 11.0. The maximum atomic E-state index is 14.9. The van der Waals surface area contributed by atoms with Crippen molar-refractivity contribution in [3.63, 3.8) is 0 Å². The molecule has 0 spiro atoms. The molecule has 1 aromatic carbocycles. The summed E-state index contributed by atoms with van der Waals surface area (Å²) in [5, 5.41) is 21.2. The molecule has 1 aliphatic heterocycles. The van der Waals surface area contributed by atoms with E-state index in [0.29, 0.717) is 55.1 Å². The third-order valence-electron chi connectivity index (χ3n) is 6.30. The highest BCUT2D eigenvalue weighted by Crippen LogP contribution is 2.25. The summed E-state index contributed by atoms with van der Waals surface area (Å²) in [6.45, 7) is 7.40. The summed E-state index contributed by atoms with van der Waals surface area (Å²) in [5.74, 6) is -1.64. The molecule has 4 heterocycles. The molecule has 0 saturated carbocycles. The van der Waals surface area contributed by atoms with Crippen molar-refractivity contribution < 1.29 is 23.4 Å². The summed E-state index contributed by atoms with van der Waals surface area (Å²) in [6, 6.07) is 2.77. The first-order chi connectivity index (χ1) is 19.1. The van der Waals surface area contributed by atoms with E-state index < -0.39 is 23.3 Å². The Labute approximate surface area is 229 Å². The smallest absolute Gasteiger partial charge is 0.410 e. The standard InChI is InChI=1S/C26H31F2N9O3/c1-26(2,3)40-25(39)35-6-4-34(5-7-35)20-10-17(22(28)21(27)11-20)15-37-23-18(13-31-37)12-29-24(33-23)32-19-14-30-36(16-19)8-9-38/h10-14,16,38H,4-9,15H2,1-3H3,(H,29,32,33). The van der Waals surface area contributed by atoms with Gasteiger partial charge in [-0.1, -0.05) is 0 Å². The van der Waals surface area contributed by atoms with Gasteiger partial charge >= 0.3 is 6.09 Å². The zero-order valence-corrected chi connectivity index (χ0v) is 22.5. The SMILES string of the molecule is CC(C)(C)OC(=O)N1CCN(c2cc(F)c(F)c(Cn3ncc4cnc(Nc5cnn(CCO)c5)nc43)c2)CC1. The Hall–Kier alpha value is -4.33. The predicted molar refractivity (Wildman–Crippen MR) is 143 cm³/mol. The van der Waals surface area contributed by atoms with Crippen molar-refractivity contribution in [2.75, 3.05) is 43.0 Å². The average Bonchev–Trinajstić information content (AvgIpc) is 3.52. The van der Waals surface area contributed by atoms with E-state index in [9.17, 15) is 13.6 Å². The van der Waals surface area contributed by atoms with Gasteiger partial charge in [-0.2, -0.15) is 15.2 Å². The summed E-state index contributed by atoms with van der Waals surface area (Å²) in [7, 11) is 0. The minimum absolute atomic E-state index is 0.0383. The number of hydrogen-bond donors (Lipinski definition) is 2. The number of carbonyl (C=O) groups excluding carboxylic acids is 1. The van der Waals surface area contributed by atoms with Gasteiger partial charge in [-0.15, -0.1) is 0 Å². The molecule has 1 fully saturated rings. The van der Waals surface area contributed by atoms with Crippen LogP contribution in [0.15, 0.2) is 36.9 Å². The van der Waals surface area contributed by atoms with Crippen LogP contribution in [-0.2, 0) is 17.8 Å². The van der Waals surface area contributed by atoms with Crippen LogP contribution in [0.2, 0.25) is 0 Å². The molecule has 12 nitrogen and oxygen atoms in total. The lowest BCUT2D eigenvalue weighted by Gasteiger charge is -2.37. The number of aliphatic hydroxyl groups excluding tert-OH is 1. The first-order valence-corrected chi connectivity index (χ1v) is 12.9. The summed E-state index contributed by atoms with van der Waals surface area (Å²) in [5.41, 5.74) is 1.12. The second-order valence-corrected chi connectivity index (χ2v) is 10.5. The molecule has 2 N–H and O–H groups in total. The summed E-state index contributed by atoms with van der Waals surface area (Å²) < 4.78 is 38.1. The highest BCUT2D eigenvalue weighted by atomic mass is 19.2. The number of fused-ring (bicyclic) bond motifs is 1. The van der Waals surface area contributed by atoms with Crippen molar-refractivity contribution in [2.24, 2.45) is 0 Å². The number of nitrogens with zero attached hydrogens (tertiary/aromatic N) is 8. The van der Waals surface area contributed by atoms with Crippen LogP contribution in [0, 0.1) is 11.6 Å². The minimum atomic E-state index is -0.963. The van der Waals surface area contributed by atoms with E-state index in [1.165, 1.54) is 10.7 Å². The number of rotatable bonds is 7. The van der Waals surface area contributed by atoms with Crippen LogP contribution in [-0.4, -0.2) is 84.0 Å². The van der Waals surface area contributed by atoms with E-state index in [1.807, 2.05) is 25.7 Å². The number of hydrogen-bond acceptors (Lipinski definition) is 9. The van der Waals surface area contributed by atoms with Crippen LogP contribution < -0.4 is 10.2 Å². The Balaban J connectivity index is 1.32. The summed E-state index contributed by atoms with van der Waals surface area (Å²) in [6.07, 6.45) is 6.05. The molecule has 5 rings (SSSR count). The molecule has 0 bridgehead atoms. The quantitative estimate of drug-likeness (QED) is 0.354. The minimum Gasteiger partial charge on any atom is -0.444 e. The summed E-state index contributed by atoms with van der Waals surface area (Å²) >= 11 is 0. The van der Waals surface area contributed by atoms with Crippen LogP contribution in [0.5, 0.6) is 0 Å². The van der Waals surface area contributed by atoms with E-state index in [0.717, 1.165) is 0 Å². The first-order valence-electron chi connectivity index (χ1n) is 12.9. The van der Waals surface area contributed by atoms with Crippen LogP contribution >= 0.6 is 0 Å². The lowest BCUT2D eigenvalue weighted by atomic mass is 10.1. The van der Waals surface area contributed by atoms with Crippen molar-refractivity contribution in [1.29, 1.82) is 0 Å². The fourth-order valence-electron chi connectivity index (χ4n) is 4.39. The van der Waals surface area contributed by atoms with Gasteiger partial charge in [-0.3, -0.25) is 4.68 Å². The van der Waals surface area contributed by atoms with Crippen molar-refractivity contribution in [2.45, 2.75) is 39.5 Å². The number of nitrogens with one attached hydrogen (secondary N) is 1. The molecule has 0 aliphatic carbocycles. The topological polar surface area (TPSA) is 126 Å². The second-order valence-electron chi connectivity index (χ2n) is 10.5. The third kappa shape index (κ3) is 6.11. The van der Waals surface area contributed by atoms with E-state index in [1.54, 1.807) is 40.4 Å². The number of anilines is 3. The van der Waals surface area contributed by atoms with Crippen LogP contribution in [0.4, 0.5) is 30.9 Å². The van der Waals surface area contributed by atoms with Gasteiger partial charge in [-0.25, -0.2) is 23.2 Å². The zero-order chi connectivity index (χ0) is 28.4. The largest absolute Gasteiger partial charge is 0.444 e. The highest BCUT2D eigenvalue weighted by molar-refractivity contribution is 5.75. The Morgan fingerprint density at radius 3 is 2.60 bits per heavy atom. The lowest BCUT2D eigenvalue weighted by Crippen LogP contribution is -2.50. The number of carbonyl (C=O) groups is 1. The maximum Gasteiger partial charge on any atom is 0.410 e. The fourth-order valence-corrected chi connectivity index (χ4v) is 4.39. The Morgan fingerprint density at radius 1 is 1.10 bits per heavy atom. The molecule has 3 aromatic heterocycles. The average molecular weight is 556 g/mol. The Kier molecular flexibility index (Phi) is 7.52. The fraction of sp³-hybridized carbons (Fsp3) is 0.423. The van der Waals surface area contributed by atoms with Gasteiger partial charge in [0.1, 0.15) is 5.60 Å². The van der Waals surface area contributed by atoms with Crippen molar-refractivity contribution in [3.8, 4) is 0 Å². The van der Waals surface area contributed by atoms with Gasteiger partial charge in [0.05, 0.1) is 43.2 Å². The molecule has 1 aliphatic rings. The molecule has 14 heteroatoms. The third-order valence-corrected chi connectivity index (χ3v) is 6.30. The van der Waals surface area contributed by atoms with E-state index in [2.05, 4.69) is 25.5 Å². The van der Waals surface area contributed by atoms with Crippen molar-refractivity contribution in [1.82, 2.24) is 34.4 Å². The van der Waals surface area contributed by atoms with Crippen molar-refractivity contribution >= 4 is 34.4 Å². The Morgan fingerprint density at radius 2 is 1.88 bits per heavy atom. The molecular weight excluding hydrogens is 524 g/mol. The number of amides is 1. The monoisotopic (exact) mass is 555 g/mol. The van der Waals surface area contributed by atoms with E-state index in [-0.39, 0.29) is 24.7 Å². The highest BCUT2D eigenvalue weighted by Gasteiger charge is 2.27. The normalized spacial score (nSPS) is 14.2. The molecule has 40 heavy (non-hydrogen) atoms. The molecule has 0 unspecified atom stereocenters. The molecule has 4 aromatic rings. The zero-order valence-electron chi connectivity index (χ0n) is 22.5. The van der Waals surface area contributed by atoms with Gasteiger partial charge < -0.3 is 25.0 Å². The first kappa shape index (κ1) is 27.2. The van der Waals surface area contributed by atoms with Gasteiger partial charge in [0.15, 0.2) is 17.3 Å². The molecule has 212 valence electrons. The van der Waals surface area contributed by atoms with Gasteiger partial charge in [0, 0.05) is 55.9 Å². The van der Waals surface area contributed by atoms with Crippen molar-refractivity contribution in [3.05, 3.63) is 54.1 Å². The lowest BCUT2D eigenvalue weighted by molar-refractivity contribution is 0.0240. The molecular formula is C26H31F2N9O3. The van der Waals surface area contributed by atoms with Gasteiger partial charge in [-0.05, 0) is 26.8 Å². The predicted octanol–water partition coefficient (Wildman–Crippen LogP) is 3.14. The van der Waals surface area contributed by atoms with E-state index in [4.69, 9.17) is 9.84 Å². The van der Waals surface area contributed by atoms with Crippen LogP contribution in [0.1, 0.15) is 26.3 Å². The van der Waals surface area contributed by atoms with Crippen LogP contribution in [0.3, 0.4) is 0 Å². The number of aromatic nitrogens is 6. The number of aliphatic hydroxyl groups is 1. The Bertz CT molecular complexity index is 1510. The van der Waals surface area contributed by atoms with E-state index >= 15 is 0 Å². The summed E-state index contributed by atoms with van der Waals surface area (Å²) in [4.78, 5) is 24.7. The molecule has 1 saturated heterocycles. The molecule has 0 radical (unpaired) electrons.